The molecule has 0 amide bonds. The molecule has 0 atom stereocenters. The van der Waals surface area contributed by atoms with Gasteiger partial charge in [-0.05, 0) is 84.6 Å². The minimum atomic E-state index is -1.44. The zero-order valence-electron chi connectivity index (χ0n) is 38.6. The van der Waals surface area contributed by atoms with E-state index in [-0.39, 0.29) is 107 Å². The molecule has 0 saturated heterocycles. The molecule has 8 bridgehead atoms. The van der Waals surface area contributed by atoms with Crippen molar-refractivity contribution in [3.05, 3.63) is 211 Å². The number of para-hydroxylation sites is 4. The Kier molecular flexibility index (Phi) is 13.2. The standard InChI is InChI=1S/C56H44N4O12/c1-29-15-39(53(63)64)23-45(57-29)47-25-41(55(67)68)21-43(59-47)27-71-51-35-11-5-12-36(51)18-32-8-4-10-34(50(32)62)20-38-14-6-13-37(19-33-9-3-7-31(17-35)49(33)61)52(38)72-28-44-22-42(56(69)70)26-48(60-44)46-24-40(54(65)66)16-30(2)58-46/h3-16,21-26,61-62H,17-20,27-28H2,1-2H3,(H,63,64)(H,65,66)(H,67,68)(H,69,70)/p-4. The van der Waals surface area contributed by atoms with Gasteiger partial charge in [0.15, 0.2) is 0 Å². The van der Waals surface area contributed by atoms with Gasteiger partial charge in [-0.3, -0.25) is 9.97 Å². The molecule has 4 aromatic heterocycles. The summed E-state index contributed by atoms with van der Waals surface area (Å²) in [7, 11) is 0. The first-order chi connectivity index (χ1) is 34.6. The first kappa shape index (κ1) is 47.6. The van der Waals surface area contributed by atoms with E-state index in [1.165, 1.54) is 48.5 Å². The van der Waals surface area contributed by atoms with Gasteiger partial charge >= 0.3 is 11.9 Å². The Balaban J connectivity index is 1.09. The molecule has 16 nitrogen and oxygen atoms in total. The van der Waals surface area contributed by atoms with Gasteiger partial charge in [-0.15, -0.1) is 11.5 Å². The molecule has 4 heterocycles. The number of carboxylic acids is 4. The van der Waals surface area contributed by atoms with Crippen molar-refractivity contribution in [2.75, 3.05) is 0 Å². The number of benzene rings is 4. The minimum Gasteiger partial charge on any atom is -0.872 e. The lowest BCUT2D eigenvalue weighted by Crippen LogP contribution is -2.22. The average Bonchev–Trinajstić information content (AvgIpc) is 3.35. The van der Waals surface area contributed by atoms with Crippen LogP contribution in [0.3, 0.4) is 0 Å². The van der Waals surface area contributed by atoms with E-state index in [1.807, 2.05) is 12.1 Å². The number of carboxylic acid groups (broad SMARTS) is 4. The van der Waals surface area contributed by atoms with E-state index in [2.05, 4.69) is 19.9 Å². The highest BCUT2D eigenvalue weighted by atomic mass is 16.5. The van der Waals surface area contributed by atoms with Crippen LogP contribution in [0.1, 0.15) is 109 Å². The van der Waals surface area contributed by atoms with Gasteiger partial charge in [0.1, 0.15) is 24.7 Å². The molecule has 0 saturated carbocycles. The largest absolute Gasteiger partial charge is 0.872 e. The highest BCUT2D eigenvalue weighted by molar-refractivity contribution is 5.91. The molecule has 4 aromatic carbocycles. The highest BCUT2D eigenvalue weighted by Crippen LogP contribution is 2.38. The smallest absolute Gasteiger partial charge is 0.335 e. The van der Waals surface area contributed by atoms with Crippen LogP contribution in [-0.4, -0.2) is 54.0 Å². The molecule has 9 rings (SSSR count). The van der Waals surface area contributed by atoms with Gasteiger partial charge in [0.25, 0.3) is 0 Å². The maximum atomic E-state index is 14.5. The number of carbonyl (C=O) groups excluding carboxylic acids is 2. The van der Waals surface area contributed by atoms with E-state index in [4.69, 9.17) is 9.47 Å². The Labute approximate surface area is 411 Å². The summed E-state index contributed by atoms with van der Waals surface area (Å²) in [6.07, 6.45) is 0.408. The van der Waals surface area contributed by atoms with Crippen LogP contribution < -0.4 is 29.9 Å². The number of fused-ring (bicyclic) bond motifs is 8. The monoisotopic (exact) mass is 960 g/mol. The third-order valence-corrected chi connectivity index (χ3v) is 12.1. The lowest BCUT2D eigenvalue weighted by atomic mass is 9.91. The van der Waals surface area contributed by atoms with Crippen molar-refractivity contribution >= 4 is 23.9 Å². The van der Waals surface area contributed by atoms with E-state index >= 15 is 0 Å². The SMILES string of the molecule is Cc1cc(C(=O)[O-])cc(-c2cc(C(=O)O)cc(COc3c4cccc3Cc3cccc(c3[O-])Cc3cccc(c3OCc3cc(C(=O)O)cc(-c5cc(C(=O)[O-])cc(C)n5)n3)Cc3cccc(c3[O-])C4)n2)n1. The molecule has 0 fully saturated rings. The third kappa shape index (κ3) is 10.3. The number of aryl methyl sites for hydroxylation is 2. The van der Waals surface area contributed by atoms with Crippen LogP contribution in [0.5, 0.6) is 23.0 Å². The zero-order valence-corrected chi connectivity index (χ0v) is 38.6. The summed E-state index contributed by atoms with van der Waals surface area (Å²) in [6, 6.07) is 31.7. The fourth-order valence-electron chi connectivity index (χ4n) is 8.82. The van der Waals surface area contributed by atoms with E-state index < -0.39 is 23.9 Å². The summed E-state index contributed by atoms with van der Waals surface area (Å²) in [5.74, 6) is -5.16. The third-order valence-electron chi connectivity index (χ3n) is 12.1. The van der Waals surface area contributed by atoms with Crippen LogP contribution in [0.2, 0.25) is 0 Å². The van der Waals surface area contributed by atoms with Crippen molar-refractivity contribution in [1.82, 2.24) is 19.9 Å². The second-order valence-corrected chi connectivity index (χ2v) is 17.3. The van der Waals surface area contributed by atoms with Gasteiger partial charge in [-0.2, -0.15) is 0 Å². The van der Waals surface area contributed by atoms with Gasteiger partial charge in [-0.1, -0.05) is 95.1 Å². The van der Waals surface area contributed by atoms with Crippen molar-refractivity contribution in [2.24, 2.45) is 0 Å². The summed E-state index contributed by atoms with van der Waals surface area (Å²) in [4.78, 5) is 66.3. The number of carbonyl (C=O) groups is 4. The van der Waals surface area contributed by atoms with E-state index in [9.17, 15) is 49.8 Å². The number of ether oxygens (including phenoxy) is 2. The summed E-state index contributed by atoms with van der Waals surface area (Å²) < 4.78 is 13.1. The van der Waals surface area contributed by atoms with Crippen LogP contribution in [0.4, 0.5) is 0 Å². The van der Waals surface area contributed by atoms with E-state index in [0.717, 1.165) is 0 Å². The molecule has 16 heteroatoms. The second-order valence-electron chi connectivity index (χ2n) is 17.3. The Morgan fingerprint density at radius 2 is 0.736 bits per heavy atom. The molecular weight excluding hydrogens is 921 g/mol. The molecule has 0 aliphatic heterocycles. The molecule has 1 aliphatic rings. The summed E-state index contributed by atoms with van der Waals surface area (Å²) in [5.41, 5.74) is 5.04. The van der Waals surface area contributed by atoms with Crippen molar-refractivity contribution < 1.29 is 59.3 Å². The van der Waals surface area contributed by atoms with Crippen molar-refractivity contribution in [2.45, 2.75) is 52.7 Å². The summed E-state index contributed by atoms with van der Waals surface area (Å²) in [5, 5.41) is 72.7. The van der Waals surface area contributed by atoms with Crippen LogP contribution in [0.25, 0.3) is 22.8 Å². The number of hydrogen-bond acceptors (Lipinski definition) is 14. The predicted molar refractivity (Wildman–Crippen MR) is 252 cm³/mol. The Morgan fingerprint density at radius 1 is 0.444 bits per heavy atom. The van der Waals surface area contributed by atoms with E-state index in [0.29, 0.717) is 67.4 Å². The molecular formula is C56H40N4O12-4. The molecule has 0 radical (unpaired) electrons. The first-order valence-corrected chi connectivity index (χ1v) is 22.5. The van der Waals surface area contributed by atoms with Gasteiger partial charge in [-0.25, -0.2) is 19.6 Å². The number of pyridine rings is 4. The topological polar surface area (TPSA) is 271 Å². The predicted octanol–water partition coefficient (Wildman–Crippen LogP) is 5.32. The normalized spacial score (nSPS) is 11.9. The van der Waals surface area contributed by atoms with Gasteiger partial charge in [0.2, 0.25) is 0 Å². The van der Waals surface area contributed by atoms with Crippen LogP contribution in [0, 0.1) is 13.8 Å². The highest BCUT2D eigenvalue weighted by Gasteiger charge is 2.21. The zero-order chi connectivity index (χ0) is 50.8. The number of nitrogens with zero attached hydrogens (tertiary/aromatic N) is 4. The van der Waals surface area contributed by atoms with Gasteiger partial charge in [0, 0.05) is 48.2 Å². The van der Waals surface area contributed by atoms with E-state index in [1.54, 1.807) is 74.5 Å². The lowest BCUT2D eigenvalue weighted by Gasteiger charge is -2.25. The first-order valence-electron chi connectivity index (χ1n) is 22.5. The fourth-order valence-corrected chi connectivity index (χ4v) is 8.82. The molecule has 0 spiro atoms. The van der Waals surface area contributed by atoms with Crippen LogP contribution in [-0.2, 0) is 38.9 Å². The number of aromatic carboxylic acids is 4. The molecule has 2 N–H and O–H groups in total. The Morgan fingerprint density at radius 3 is 1.04 bits per heavy atom. The van der Waals surface area contributed by atoms with Crippen LogP contribution in [0.15, 0.2) is 121 Å². The summed E-state index contributed by atoms with van der Waals surface area (Å²) in [6.45, 7) is 2.67. The lowest BCUT2D eigenvalue weighted by molar-refractivity contribution is -0.271. The number of rotatable bonds is 12. The van der Waals surface area contributed by atoms with Crippen LogP contribution >= 0.6 is 0 Å². The minimum absolute atomic E-state index is 0.0956. The maximum absolute atomic E-state index is 14.5. The number of aromatic nitrogens is 4. The maximum Gasteiger partial charge on any atom is 0.335 e. The molecule has 8 aromatic rings. The van der Waals surface area contributed by atoms with Gasteiger partial charge < -0.3 is 49.7 Å². The van der Waals surface area contributed by atoms with Crippen molar-refractivity contribution in [3.8, 4) is 45.8 Å². The fraction of sp³-hybridized carbons (Fsp3) is 0.143. The number of hydrogen-bond donors (Lipinski definition) is 2. The quantitative estimate of drug-likeness (QED) is 0.157. The van der Waals surface area contributed by atoms with Gasteiger partial charge in [0.05, 0.1) is 57.2 Å². The second kappa shape index (κ2) is 19.9. The molecule has 72 heavy (non-hydrogen) atoms. The summed E-state index contributed by atoms with van der Waals surface area (Å²) >= 11 is 0. The van der Waals surface area contributed by atoms with Crippen molar-refractivity contribution in [1.29, 1.82) is 0 Å². The average molecular weight is 961 g/mol. The Bertz CT molecular complexity index is 3200. The van der Waals surface area contributed by atoms with Crippen molar-refractivity contribution in [3.63, 3.8) is 0 Å². The molecule has 0 unspecified atom stereocenters. The molecule has 360 valence electrons. The molecule has 1 aliphatic carbocycles. The Hall–Kier alpha value is -9.44.